The predicted octanol–water partition coefficient (Wildman–Crippen LogP) is 3.97. The number of hydrogen-bond acceptors (Lipinski definition) is 3. The van der Waals surface area contributed by atoms with Crippen LogP contribution in [0.4, 0.5) is 5.69 Å². The second-order valence-electron chi connectivity index (χ2n) is 5.44. The average Bonchev–Trinajstić information content (AvgIpc) is 2.91. The van der Waals surface area contributed by atoms with E-state index < -0.39 is 0 Å². The van der Waals surface area contributed by atoms with Crippen molar-refractivity contribution in [2.45, 2.75) is 39.3 Å². The Hall–Kier alpha value is -1.32. The van der Waals surface area contributed by atoms with Crippen molar-refractivity contribution in [3.05, 3.63) is 51.7 Å². The minimum Gasteiger partial charge on any atom is -0.369 e. The Morgan fingerprint density at radius 3 is 2.75 bits per heavy atom. The van der Waals surface area contributed by atoms with E-state index in [-0.39, 0.29) is 6.04 Å². The van der Waals surface area contributed by atoms with Gasteiger partial charge in [-0.25, -0.2) is 0 Å². The van der Waals surface area contributed by atoms with E-state index >= 15 is 0 Å². The third kappa shape index (κ3) is 3.84. The Labute approximate surface area is 126 Å². The molecule has 0 radical (unpaired) electrons. The molecule has 0 bridgehead atoms. The predicted molar refractivity (Wildman–Crippen MR) is 89.6 cm³/mol. The highest BCUT2D eigenvalue weighted by molar-refractivity contribution is 7.09. The molecule has 0 amide bonds. The van der Waals surface area contributed by atoms with Gasteiger partial charge in [0, 0.05) is 23.7 Å². The molecule has 1 unspecified atom stereocenters. The molecule has 2 nitrogen and oxygen atoms in total. The molecule has 0 fully saturated rings. The van der Waals surface area contributed by atoms with Gasteiger partial charge in [-0.05, 0) is 42.8 Å². The van der Waals surface area contributed by atoms with Gasteiger partial charge in [-0.1, -0.05) is 30.7 Å². The first kappa shape index (κ1) is 15.1. The molecular formula is C17H24N2S. The fraction of sp³-hybridized carbons (Fsp3) is 0.412. The van der Waals surface area contributed by atoms with Gasteiger partial charge in [-0.2, -0.15) is 0 Å². The largest absolute Gasteiger partial charge is 0.369 e. The van der Waals surface area contributed by atoms with Crippen LogP contribution in [0.1, 0.15) is 29.3 Å². The minimum absolute atomic E-state index is 0.241. The van der Waals surface area contributed by atoms with Crippen molar-refractivity contribution in [3.8, 4) is 0 Å². The zero-order valence-corrected chi connectivity index (χ0v) is 13.4. The molecule has 108 valence electrons. The van der Waals surface area contributed by atoms with Crippen LogP contribution in [-0.2, 0) is 13.0 Å². The molecule has 2 rings (SSSR count). The SMILES string of the molecule is CCC(N)Cc1cc(C)ccc1N(C)Cc1cccs1. The number of anilines is 1. The van der Waals surface area contributed by atoms with Crippen LogP contribution >= 0.6 is 11.3 Å². The van der Waals surface area contributed by atoms with E-state index in [0.717, 1.165) is 19.4 Å². The first-order chi connectivity index (χ1) is 9.60. The number of rotatable bonds is 6. The van der Waals surface area contributed by atoms with E-state index in [0.29, 0.717) is 0 Å². The molecule has 1 atom stereocenters. The molecule has 0 saturated carbocycles. The van der Waals surface area contributed by atoms with Crippen molar-refractivity contribution in [3.63, 3.8) is 0 Å². The molecule has 0 spiro atoms. The van der Waals surface area contributed by atoms with E-state index in [4.69, 9.17) is 5.73 Å². The lowest BCUT2D eigenvalue weighted by atomic mass is 10.00. The summed E-state index contributed by atoms with van der Waals surface area (Å²) in [5, 5.41) is 2.13. The standard InChI is InChI=1S/C17H24N2S/c1-4-15(18)11-14-10-13(2)7-8-17(14)19(3)12-16-6-5-9-20-16/h5-10,15H,4,11-12,18H2,1-3H3. The summed E-state index contributed by atoms with van der Waals surface area (Å²) >= 11 is 1.81. The number of hydrogen-bond donors (Lipinski definition) is 1. The van der Waals surface area contributed by atoms with Crippen molar-refractivity contribution in [1.82, 2.24) is 0 Å². The molecule has 2 N–H and O–H groups in total. The second-order valence-corrected chi connectivity index (χ2v) is 6.47. The Morgan fingerprint density at radius 2 is 2.10 bits per heavy atom. The molecular weight excluding hydrogens is 264 g/mol. The minimum atomic E-state index is 0.241. The van der Waals surface area contributed by atoms with E-state index in [2.05, 4.69) is 61.5 Å². The van der Waals surface area contributed by atoms with E-state index in [1.807, 2.05) is 0 Å². The van der Waals surface area contributed by atoms with Crippen LogP contribution in [0.15, 0.2) is 35.7 Å². The van der Waals surface area contributed by atoms with Crippen molar-refractivity contribution < 1.29 is 0 Å². The molecule has 0 saturated heterocycles. The van der Waals surface area contributed by atoms with Gasteiger partial charge in [-0.15, -0.1) is 11.3 Å². The summed E-state index contributed by atoms with van der Waals surface area (Å²) in [6.07, 6.45) is 1.96. The molecule has 0 aliphatic heterocycles. The van der Waals surface area contributed by atoms with Crippen LogP contribution in [0.2, 0.25) is 0 Å². The molecule has 0 aliphatic rings. The molecule has 20 heavy (non-hydrogen) atoms. The van der Waals surface area contributed by atoms with E-state index in [9.17, 15) is 0 Å². The van der Waals surface area contributed by atoms with Crippen molar-refractivity contribution in [2.24, 2.45) is 5.73 Å². The van der Waals surface area contributed by atoms with Crippen LogP contribution in [-0.4, -0.2) is 13.1 Å². The van der Waals surface area contributed by atoms with Crippen LogP contribution in [0, 0.1) is 6.92 Å². The summed E-state index contributed by atoms with van der Waals surface area (Å²) in [5.41, 5.74) is 10.1. The lowest BCUT2D eigenvalue weighted by molar-refractivity contribution is 0.645. The number of nitrogens with zero attached hydrogens (tertiary/aromatic N) is 1. The van der Waals surface area contributed by atoms with Crippen molar-refractivity contribution in [2.75, 3.05) is 11.9 Å². The third-order valence-corrected chi connectivity index (χ3v) is 4.49. The average molecular weight is 288 g/mol. The summed E-state index contributed by atoms with van der Waals surface area (Å²) in [4.78, 5) is 3.71. The molecule has 3 heteroatoms. The fourth-order valence-electron chi connectivity index (χ4n) is 2.40. The number of benzene rings is 1. The highest BCUT2D eigenvalue weighted by atomic mass is 32.1. The lowest BCUT2D eigenvalue weighted by Crippen LogP contribution is -2.24. The number of aryl methyl sites for hydroxylation is 1. The molecule has 1 aromatic heterocycles. The van der Waals surface area contributed by atoms with Gasteiger partial charge in [0.25, 0.3) is 0 Å². The number of thiophene rings is 1. The smallest absolute Gasteiger partial charge is 0.0519 e. The summed E-state index contributed by atoms with van der Waals surface area (Å²) in [6.45, 7) is 5.24. The van der Waals surface area contributed by atoms with Crippen LogP contribution in [0.25, 0.3) is 0 Å². The molecule has 0 aliphatic carbocycles. The normalized spacial score (nSPS) is 12.4. The highest BCUT2D eigenvalue weighted by Crippen LogP contribution is 2.25. The van der Waals surface area contributed by atoms with Crippen molar-refractivity contribution in [1.29, 1.82) is 0 Å². The van der Waals surface area contributed by atoms with Crippen molar-refractivity contribution >= 4 is 17.0 Å². The Bertz CT molecular complexity index is 534. The van der Waals surface area contributed by atoms with Gasteiger partial charge in [0.15, 0.2) is 0 Å². The second kappa shape index (κ2) is 6.91. The zero-order chi connectivity index (χ0) is 14.5. The fourth-order valence-corrected chi connectivity index (χ4v) is 3.16. The first-order valence-corrected chi connectivity index (χ1v) is 8.06. The van der Waals surface area contributed by atoms with Gasteiger partial charge >= 0.3 is 0 Å². The van der Waals surface area contributed by atoms with Gasteiger partial charge in [0.05, 0.1) is 6.54 Å². The summed E-state index contributed by atoms with van der Waals surface area (Å²) < 4.78 is 0. The molecule has 1 heterocycles. The summed E-state index contributed by atoms with van der Waals surface area (Å²) in [6, 6.07) is 11.2. The quantitative estimate of drug-likeness (QED) is 0.871. The summed E-state index contributed by atoms with van der Waals surface area (Å²) in [7, 11) is 2.16. The maximum Gasteiger partial charge on any atom is 0.0519 e. The van der Waals surface area contributed by atoms with E-state index in [1.54, 1.807) is 11.3 Å². The van der Waals surface area contributed by atoms with E-state index in [1.165, 1.54) is 21.7 Å². The lowest BCUT2D eigenvalue weighted by Gasteiger charge is -2.23. The van der Waals surface area contributed by atoms with Crippen LogP contribution < -0.4 is 10.6 Å². The van der Waals surface area contributed by atoms with Crippen LogP contribution in [0.5, 0.6) is 0 Å². The topological polar surface area (TPSA) is 29.3 Å². The maximum atomic E-state index is 6.14. The first-order valence-electron chi connectivity index (χ1n) is 7.18. The molecule has 1 aromatic carbocycles. The molecule has 2 aromatic rings. The zero-order valence-electron chi connectivity index (χ0n) is 12.6. The third-order valence-electron chi connectivity index (χ3n) is 3.63. The highest BCUT2D eigenvalue weighted by Gasteiger charge is 2.11. The Kier molecular flexibility index (Phi) is 5.21. The van der Waals surface area contributed by atoms with Gasteiger partial charge in [0.2, 0.25) is 0 Å². The van der Waals surface area contributed by atoms with Gasteiger partial charge < -0.3 is 10.6 Å². The summed E-state index contributed by atoms with van der Waals surface area (Å²) in [5.74, 6) is 0. The number of nitrogens with two attached hydrogens (primary N) is 1. The maximum absolute atomic E-state index is 6.14. The van der Waals surface area contributed by atoms with Gasteiger partial charge in [-0.3, -0.25) is 0 Å². The van der Waals surface area contributed by atoms with Crippen LogP contribution in [0.3, 0.4) is 0 Å². The Morgan fingerprint density at radius 1 is 1.30 bits per heavy atom. The van der Waals surface area contributed by atoms with Gasteiger partial charge in [0.1, 0.15) is 0 Å². The Balaban J connectivity index is 2.20. The monoisotopic (exact) mass is 288 g/mol.